The largest absolute Gasteiger partial charge is 0.338 e. The third-order valence-corrected chi connectivity index (χ3v) is 2.82. The molecule has 0 unspecified atom stereocenters. The molecule has 0 fully saturated rings. The quantitative estimate of drug-likeness (QED) is 0.801. The van der Waals surface area contributed by atoms with Gasteiger partial charge in [0.15, 0.2) is 0 Å². The van der Waals surface area contributed by atoms with E-state index in [9.17, 15) is 4.79 Å². The molecule has 0 radical (unpaired) electrons. The Kier molecular flexibility index (Phi) is 5.64. The van der Waals surface area contributed by atoms with E-state index < -0.39 is 0 Å². The molecular formula is C12H15BrN2O. The van der Waals surface area contributed by atoms with Gasteiger partial charge in [-0.2, -0.15) is 0 Å². The number of rotatable bonds is 5. The minimum atomic E-state index is -0.160. The maximum Gasteiger partial charge on any atom is 0.315 e. The molecular weight excluding hydrogens is 268 g/mol. The molecule has 0 aliphatic rings. The molecule has 0 heterocycles. The van der Waals surface area contributed by atoms with E-state index in [1.165, 1.54) is 5.56 Å². The van der Waals surface area contributed by atoms with E-state index in [0.29, 0.717) is 13.1 Å². The van der Waals surface area contributed by atoms with Crippen molar-refractivity contribution in [3.05, 3.63) is 47.0 Å². The van der Waals surface area contributed by atoms with E-state index in [-0.39, 0.29) is 6.03 Å². The second-order valence-electron chi connectivity index (χ2n) is 3.27. The lowest BCUT2D eigenvalue weighted by Gasteiger charge is -2.07. The third kappa shape index (κ3) is 4.49. The Morgan fingerprint density at radius 3 is 2.81 bits per heavy atom. The Balaban J connectivity index is 2.28. The van der Waals surface area contributed by atoms with Crippen LogP contribution >= 0.6 is 15.9 Å². The molecule has 0 aliphatic carbocycles. The fraction of sp³-hybridized carbons (Fsp3) is 0.250. The Morgan fingerprint density at radius 2 is 2.12 bits per heavy atom. The zero-order valence-electron chi connectivity index (χ0n) is 9.00. The first-order valence-electron chi connectivity index (χ1n) is 5.10. The summed E-state index contributed by atoms with van der Waals surface area (Å²) >= 11 is 3.46. The molecule has 2 N–H and O–H groups in total. The van der Waals surface area contributed by atoms with Crippen LogP contribution in [0.2, 0.25) is 0 Å². The summed E-state index contributed by atoms with van der Waals surface area (Å²) in [6.45, 7) is 4.63. The second kappa shape index (κ2) is 7.06. The van der Waals surface area contributed by atoms with E-state index in [1.54, 1.807) is 6.08 Å². The number of carbonyl (C=O) groups excluding carboxylic acids is 1. The van der Waals surface area contributed by atoms with Gasteiger partial charge in [0, 0.05) is 17.6 Å². The molecule has 0 atom stereocenters. The van der Waals surface area contributed by atoms with Gasteiger partial charge in [-0.3, -0.25) is 0 Å². The number of hydrogen-bond donors (Lipinski definition) is 2. The van der Waals surface area contributed by atoms with Crippen LogP contribution < -0.4 is 10.6 Å². The number of benzene rings is 1. The summed E-state index contributed by atoms with van der Waals surface area (Å²) < 4.78 is 1.07. The number of hydrogen-bond acceptors (Lipinski definition) is 1. The predicted molar refractivity (Wildman–Crippen MR) is 69.4 cm³/mol. The van der Waals surface area contributed by atoms with Gasteiger partial charge in [-0.25, -0.2) is 4.79 Å². The van der Waals surface area contributed by atoms with Crippen molar-refractivity contribution in [3.63, 3.8) is 0 Å². The lowest BCUT2D eigenvalue weighted by molar-refractivity contribution is 0.242. The SMILES string of the molecule is C=CCNC(=O)NCCc1ccccc1Br. The highest BCUT2D eigenvalue weighted by Crippen LogP contribution is 2.15. The Bertz CT molecular complexity index is 366. The van der Waals surface area contributed by atoms with Crippen molar-refractivity contribution < 1.29 is 4.79 Å². The molecule has 0 aromatic heterocycles. The number of carbonyl (C=O) groups is 1. The van der Waals surface area contributed by atoms with Crippen LogP contribution in [0, 0.1) is 0 Å². The van der Waals surface area contributed by atoms with Crippen LogP contribution in [0.15, 0.2) is 41.4 Å². The summed E-state index contributed by atoms with van der Waals surface area (Å²) in [6.07, 6.45) is 2.45. The summed E-state index contributed by atoms with van der Waals surface area (Å²) in [5.41, 5.74) is 1.19. The van der Waals surface area contributed by atoms with Crippen LogP contribution in [0.4, 0.5) is 4.79 Å². The fourth-order valence-corrected chi connectivity index (χ4v) is 1.72. The maximum absolute atomic E-state index is 11.2. The number of nitrogens with one attached hydrogen (secondary N) is 2. The zero-order chi connectivity index (χ0) is 11.8. The summed E-state index contributed by atoms with van der Waals surface area (Å²) in [5.74, 6) is 0. The van der Waals surface area contributed by atoms with Gasteiger partial charge in [0.25, 0.3) is 0 Å². The third-order valence-electron chi connectivity index (χ3n) is 2.04. The van der Waals surface area contributed by atoms with Crippen molar-refractivity contribution in [2.45, 2.75) is 6.42 Å². The van der Waals surface area contributed by atoms with Gasteiger partial charge in [0.1, 0.15) is 0 Å². The Hall–Kier alpha value is -1.29. The normalized spacial score (nSPS) is 9.56. The monoisotopic (exact) mass is 282 g/mol. The van der Waals surface area contributed by atoms with Gasteiger partial charge in [-0.15, -0.1) is 6.58 Å². The highest BCUT2D eigenvalue weighted by molar-refractivity contribution is 9.10. The molecule has 1 aromatic carbocycles. The first-order valence-corrected chi connectivity index (χ1v) is 5.89. The second-order valence-corrected chi connectivity index (χ2v) is 4.12. The molecule has 86 valence electrons. The van der Waals surface area contributed by atoms with Crippen LogP contribution in [-0.4, -0.2) is 19.1 Å². The Morgan fingerprint density at radius 1 is 1.38 bits per heavy atom. The smallest absolute Gasteiger partial charge is 0.315 e. The molecule has 0 saturated heterocycles. The van der Waals surface area contributed by atoms with E-state index in [2.05, 4.69) is 33.1 Å². The number of halogens is 1. The molecule has 1 aromatic rings. The van der Waals surface area contributed by atoms with Crippen LogP contribution in [-0.2, 0) is 6.42 Å². The van der Waals surface area contributed by atoms with Crippen LogP contribution in [0.3, 0.4) is 0 Å². The summed E-state index contributed by atoms with van der Waals surface area (Å²) in [5, 5.41) is 5.43. The van der Waals surface area contributed by atoms with Gasteiger partial charge in [-0.1, -0.05) is 40.2 Å². The van der Waals surface area contributed by atoms with E-state index in [0.717, 1.165) is 10.9 Å². The summed E-state index contributed by atoms with van der Waals surface area (Å²) in [7, 11) is 0. The highest BCUT2D eigenvalue weighted by atomic mass is 79.9. The van der Waals surface area contributed by atoms with Crippen molar-refractivity contribution in [1.82, 2.24) is 10.6 Å². The van der Waals surface area contributed by atoms with Crippen LogP contribution in [0.5, 0.6) is 0 Å². The molecule has 16 heavy (non-hydrogen) atoms. The lowest BCUT2D eigenvalue weighted by atomic mass is 10.1. The molecule has 0 spiro atoms. The average molecular weight is 283 g/mol. The van der Waals surface area contributed by atoms with Crippen LogP contribution in [0.25, 0.3) is 0 Å². The van der Waals surface area contributed by atoms with Gasteiger partial charge >= 0.3 is 6.03 Å². The molecule has 0 bridgehead atoms. The molecule has 0 saturated carbocycles. The molecule has 3 nitrogen and oxygen atoms in total. The minimum Gasteiger partial charge on any atom is -0.338 e. The minimum absolute atomic E-state index is 0.160. The van der Waals surface area contributed by atoms with Crippen molar-refractivity contribution in [3.8, 4) is 0 Å². The molecule has 0 aliphatic heterocycles. The standard InChI is InChI=1S/C12H15BrN2O/c1-2-8-14-12(16)15-9-7-10-5-3-4-6-11(10)13/h2-6H,1,7-9H2,(H2,14,15,16). The number of amides is 2. The fourth-order valence-electron chi connectivity index (χ4n) is 1.24. The van der Waals surface area contributed by atoms with Gasteiger partial charge in [-0.05, 0) is 18.1 Å². The van der Waals surface area contributed by atoms with Crippen molar-refractivity contribution in [1.29, 1.82) is 0 Å². The van der Waals surface area contributed by atoms with E-state index in [1.807, 2.05) is 24.3 Å². The van der Waals surface area contributed by atoms with Gasteiger partial charge < -0.3 is 10.6 Å². The topological polar surface area (TPSA) is 41.1 Å². The van der Waals surface area contributed by atoms with Gasteiger partial charge in [0.2, 0.25) is 0 Å². The molecule has 4 heteroatoms. The van der Waals surface area contributed by atoms with Gasteiger partial charge in [0.05, 0.1) is 0 Å². The van der Waals surface area contributed by atoms with Crippen molar-refractivity contribution in [2.24, 2.45) is 0 Å². The molecule has 2 amide bonds. The summed E-state index contributed by atoms with van der Waals surface area (Å²) in [6, 6.07) is 7.82. The first kappa shape index (κ1) is 12.8. The van der Waals surface area contributed by atoms with Crippen molar-refractivity contribution >= 4 is 22.0 Å². The highest BCUT2D eigenvalue weighted by Gasteiger charge is 2.00. The first-order chi connectivity index (χ1) is 7.74. The van der Waals surface area contributed by atoms with E-state index >= 15 is 0 Å². The Labute approximate surface area is 104 Å². The van der Waals surface area contributed by atoms with Crippen LogP contribution in [0.1, 0.15) is 5.56 Å². The maximum atomic E-state index is 11.2. The zero-order valence-corrected chi connectivity index (χ0v) is 10.6. The molecule has 1 rings (SSSR count). The van der Waals surface area contributed by atoms with Crippen molar-refractivity contribution in [2.75, 3.05) is 13.1 Å². The average Bonchev–Trinajstić information content (AvgIpc) is 2.29. The lowest BCUT2D eigenvalue weighted by Crippen LogP contribution is -2.36. The summed E-state index contributed by atoms with van der Waals surface area (Å²) in [4.78, 5) is 11.2. The number of urea groups is 1. The predicted octanol–water partition coefficient (Wildman–Crippen LogP) is 2.48. The van der Waals surface area contributed by atoms with E-state index in [4.69, 9.17) is 0 Å².